The first kappa shape index (κ1) is 14.7. The zero-order valence-corrected chi connectivity index (χ0v) is 14.5. The fourth-order valence-corrected chi connectivity index (χ4v) is 4.15. The van der Waals surface area contributed by atoms with Gasteiger partial charge in [0.05, 0.1) is 13.1 Å². The molecule has 2 aliphatic heterocycles. The van der Waals surface area contributed by atoms with Crippen molar-refractivity contribution in [2.45, 2.75) is 51.9 Å². The topological polar surface area (TPSA) is 50.3 Å². The fraction of sp³-hybridized carbons (Fsp3) is 0.667. The van der Waals surface area contributed by atoms with E-state index in [1.165, 1.54) is 12.2 Å². The monoisotopic (exact) mass is 327 g/mol. The van der Waals surface area contributed by atoms with E-state index in [-0.39, 0.29) is 0 Å². The van der Waals surface area contributed by atoms with Crippen LogP contribution in [0.4, 0.5) is 0 Å². The molecular formula is C18H25N5O. The van der Waals surface area contributed by atoms with Crippen LogP contribution in [0.5, 0.6) is 0 Å². The largest absolute Gasteiger partial charge is 0.464 e. The third-order valence-electron chi connectivity index (χ3n) is 5.96. The molecule has 24 heavy (non-hydrogen) atoms. The van der Waals surface area contributed by atoms with Crippen molar-refractivity contribution in [1.29, 1.82) is 0 Å². The number of fused-ring (bicyclic) bond motifs is 1. The van der Waals surface area contributed by atoms with Gasteiger partial charge in [-0.2, -0.15) is 0 Å². The van der Waals surface area contributed by atoms with E-state index in [9.17, 15) is 0 Å². The van der Waals surface area contributed by atoms with E-state index in [1.807, 2.05) is 6.92 Å². The minimum Gasteiger partial charge on any atom is -0.464 e. The predicted octanol–water partition coefficient (Wildman–Crippen LogP) is 2.00. The number of likely N-dealkylation sites (tertiary alicyclic amines) is 1. The number of aryl methyl sites for hydroxylation is 1. The Morgan fingerprint density at radius 2 is 2.04 bits per heavy atom. The van der Waals surface area contributed by atoms with Gasteiger partial charge in [-0.1, -0.05) is 6.92 Å². The maximum Gasteiger partial charge on any atom is 0.147 e. The Kier molecular flexibility index (Phi) is 3.31. The van der Waals surface area contributed by atoms with Crippen LogP contribution in [-0.4, -0.2) is 50.2 Å². The zero-order chi connectivity index (χ0) is 16.3. The standard InChI is InChI=1S/C18H25N5O/c1-12-7-16(12)17-4-3-15(24-17)10-21-8-14(9-21)22-5-6-23-13(2)19-20-18(23)11-22/h3-4,12,14,16H,5-11H2,1-2H3/t12-,16+/m0/s1. The molecule has 3 aliphatic rings. The van der Waals surface area contributed by atoms with Crippen LogP contribution in [0, 0.1) is 12.8 Å². The van der Waals surface area contributed by atoms with E-state index >= 15 is 0 Å². The maximum absolute atomic E-state index is 6.04. The molecule has 2 aromatic rings. The molecule has 6 nitrogen and oxygen atoms in total. The quantitative estimate of drug-likeness (QED) is 0.860. The highest BCUT2D eigenvalue weighted by Crippen LogP contribution is 2.47. The number of aromatic nitrogens is 3. The molecule has 0 spiro atoms. The van der Waals surface area contributed by atoms with Gasteiger partial charge < -0.3 is 8.98 Å². The van der Waals surface area contributed by atoms with Crippen LogP contribution in [0.3, 0.4) is 0 Å². The second-order valence-electron chi connectivity index (χ2n) is 7.76. The average Bonchev–Trinajstić information content (AvgIpc) is 2.95. The van der Waals surface area contributed by atoms with Crippen molar-refractivity contribution < 1.29 is 4.42 Å². The molecule has 4 heterocycles. The first-order valence-electron chi connectivity index (χ1n) is 9.11. The minimum absolute atomic E-state index is 0.647. The van der Waals surface area contributed by atoms with Gasteiger partial charge in [0.1, 0.15) is 23.2 Å². The third kappa shape index (κ3) is 2.48. The van der Waals surface area contributed by atoms with Crippen molar-refractivity contribution in [2.75, 3.05) is 19.6 Å². The molecule has 1 aliphatic carbocycles. The second-order valence-corrected chi connectivity index (χ2v) is 7.76. The Morgan fingerprint density at radius 1 is 1.21 bits per heavy atom. The summed E-state index contributed by atoms with van der Waals surface area (Å²) in [6.45, 7) is 10.6. The summed E-state index contributed by atoms with van der Waals surface area (Å²) in [7, 11) is 0. The van der Waals surface area contributed by atoms with Crippen molar-refractivity contribution in [3.63, 3.8) is 0 Å². The summed E-state index contributed by atoms with van der Waals surface area (Å²) < 4.78 is 8.28. The van der Waals surface area contributed by atoms with Crippen molar-refractivity contribution in [3.05, 3.63) is 35.3 Å². The van der Waals surface area contributed by atoms with Crippen molar-refractivity contribution >= 4 is 0 Å². The van der Waals surface area contributed by atoms with Crippen LogP contribution >= 0.6 is 0 Å². The van der Waals surface area contributed by atoms with Crippen LogP contribution < -0.4 is 0 Å². The summed E-state index contributed by atoms with van der Waals surface area (Å²) >= 11 is 0. The van der Waals surface area contributed by atoms with E-state index in [0.29, 0.717) is 12.0 Å². The molecule has 0 aromatic carbocycles. The SMILES string of the molecule is Cc1nnc2n1CCN(C1CN(Cc3ccc([C@@H]4C[C@@H]4C)o3)C1)C2. The molecule has 0 bridgehead atoms. The van der Waals surface area contributed by atoms with Gasteiger partial charge in [0.25, 0.3) is 0 Å². The molecule has 0 amide bonds. The lowest BCUT2D eigenvalue weighted by Crippen LogP contribution is -2.59. The molecule has 2 aromatic heterocycles. The lowest BCUT2D eigenvalue weighted by atomic mass is 10.1. The van der Waals surface area contributed by atoms with Crippen molar-refractivity contribution in [3.8, 4) is 0 Å². The summed E-state index contributed by atoms with van der Waals surface area (Å²) in [5, 5.41) is 8.51. The number of rotatable bonds is 4. The highest BCUT2D eigenvalue weighted by Gasteiger charge is 2.37. The number of hydrogen-bond acceptors (Lipinski definition) is 5. The van der Waals surface area contributed by atoms with Gasteiger partial charge in [-0.15, -0.1) is 10.2 Å². The highest BCUT2D eigenvalue weighted by atomic mass is 16.3. The maximum atomic E-state index is 6.04. The summed E-state index contributed by atoms with van der Waals surface area (Å²) in [5.41, 5.74) is 0. The zero-order valence-electron chi connectivity index (χ0n) is 14.5. The van der Waals surface area contributed by atoms with E-state index in [0.717, 1.165) is 62.6 Å². The summed E-state index contributed by atoms with van der Waals surface area (Å²) in [6.07, 6.45) is 1.29. The van der Waals surface area contributed by atoms with Gasteiger partial charge in [0, 0.05) is 38.1 Å². The Hall–Kier alpha value is -1.66. The number of furan rings is 1. The number of nitrogens with zero attached hydrogens (tertiary/aromatic N) is 5. The smallest absolute Gasteiger partial charge is 0.147 e. The molecule has 128 valence electrons. The predicted molar refractivity (Wildman–Crippen MR) is 89.5 cm³/mol. The van der Waals surface area contributed by atoms with E-state index in [4.69, 9.17) is 4.42 Å². The molecule has 1 saturated carbocycles. The highest BCUT2D eigenvalue weighted by molar-refractivity contribution is 5.18. The van der Waals surface area contributed by atoms with Gasteiger partial charge in [0.15, 0.2) is 0 Å². The molecule has 6 heteroatoms. The van der Waals surface area contributed by atoms with E-state index in [2.05, 4.69) is 43.6 Å². The Morgan fingerprint density at radius 3 is 2.83 bits per heavy atom. The van der Waals surface area contributed by atoms with Gasteiger partial charge in [-0.3, -0.25) is 9.80 Å². The minimum atomic E-state index is 0.647. The molecular weight excluding hydrogens is 302 g/mol. The molecule has 2 atom stereocenters. The summed E-state index contributed by atoms with van der Waals surface area (Å²) in [4.78, 5) is 5.04. The van der Waals surface area contributed by atoms with Crippen LogP contribution in [0.2, 0.25) is 0 Å². The molecule has 0 N–H and O–H groups in total. The van der Waals surface area contributed by atoms with Crippen molar-refractivity contribution in [1.82, 2.24) is 24.6 Å². The lowest BCUT2D eigenvalue weighted by Gasteiger charge is -2.46. The van der Waals surface area contributed by atoms with E-state index < -0.39 is 0 Å². The summed E-state index contributed by atoms with van der Waals surface area (Å²) in [6, 6.07) is 4.99. The first-order chi connectivity index (χ1) is 11.7. The van der Waals surface area contributed by atoms with Crippen molar-refractivity contribution in [2.24, 2.45) is 5.92 Å². The molecule has 5 rings (SSSR count). The van der Waals surface area contributed by atoms with Crippen LogP contribution in [0.25, 0.3) is 0 Å². The molecule has 2 fully saturated rings. The van der Waals surface area contributed by atoms with Gasteiger partial charge in [-0.05, 0) is 31.4 Å². The lowest BCUT2D eigenvalue weighted by molar-refractivity contribution is 0.00929. The van der Waals surface area contributed by atoms with Crippen LogP contribution in [0.15, 0.2) is 16.5 Å². The van der Waals surface area contributed by atoms with Gasteiger partial charge in [-0.25, -0.2) is 0 Å². The normalized spacial score (nSPS) is 27.9. The number of hydrogen-bond donors (Lipinski definition) is 0. The molecule has 0 unspecified atom stereocenters. The van der Waals surface area contributed by atoms with Gasteiger partial charge >= 0.3 is 0 Å². The Balaban J connectivity index is 1.14. The second kappa shape index (κ2) is 5.43. The molecule has 1 saturated heterocycles. The fourth-order valence-electron chi connectivity index (χ4n) is 4.15. The van der Waals surface area contributed by atoms with Crippen LogP contribution in [0.1, 0.15) is 42.4 Å². The molecule has 0 radical (unpaired) electrons. The van der Waals surface area contributed by atoms with Crippen LogP contribution in [-0.2, 0) is 19.6 Å². The Bertz CT molecular complexity index is 744. The summed E-state index contributed by atoms with van der Waals surface area (Å²) in [5.74, 6) is 5.96. The first-order valence-corrected chi connectivity index (χ1v) is 9.11. The Labute approximate surface area is 142 Å². The van der Waals surface area contributed by atoms with Gasteiger partial charge in [0.2, 0.25) is 0 Å². The van der Waals surface area contributed by atoms with E-state index in [1.54, 1.807) is 0 Å². The average molecular weight is 327 g/mol. The third-order valence-corrected chi connectivity index (χ3v) is 5.96.